The number of para-hydroxylation sites is 1. The molecule has 9 aromatic rings. The van der Waals surface area contributed by atoms with Gasteiger partial charge in [-0.15, -0.1) is 0 Å². The molecule has 8 aromatic carbocycles. The predicted molar refractivity (Wildman–Crippen MR) is 229 cm³/mol. The average molecular weight is 678 g/mol. The molecule has 0 saturated heterocycles. The molecule has 1 aromatic heterocycles. The minimum absolute atomic E-state index is 0.107. The zero-order chi connectivity index (χ0) is 35.8. The summed E-state index contributed by atoms with van der Waals surface area (Å²) in [6, 6.07) is 56.2. The molecular formula is C52H39N. The van der Waals surface area contributed by atoms with Gasteiger partial charge < -0.3 is 4.57 Å². The van der Waals surface area contributed by atoms with Crippen LogP contribution in [0.25, 0.3) is 87.6 Å². The minimum Gasteiger partial charge on any atom is -0.309 e. The van der Waals surface area contributed by atoms with E-state index in [4.69, 9.17) is 0 Å². The highest BCUT2D eigenvalue weighted by molar-refractivity contribution is 6.25. The average Bonchev–Trinajstić information content (AvgIpc) is 3.64. The highest BCUT2D eigenvalue weighted by atomic mass is 15.0. The van der Waals surface area contributed by atoms with Gasteiger partial charge in [-0.1, -0.05) is 154 Å². The van der Waals surface area contributed by atoms with E-state index < -0.39 is 0 Å². The SMILES string of the molecule is C=CC1=C(/C=C\C)C(C)(C)c2cc3c4ccccc4n(-c4cccc(-c5ccc(-c6ccc7c8ccccc8c8ccccc8c7c6)cc5)c4)c3cc21. The first-order valence-electron chi connectivity index (χ1n) is 18.6. The van der Waals surface area contributed by atoms with Crippen LogP contribution in [-0.2, 0) is 5.41 Å². The molecule has 252 valence electrons. The van der Waals surface area contributed by atoms with Crippen molar-refractivity contribution in [3.8, 4) is 27.9 Å². The first-order valence-corrected chi connectivity index (χ1v) is 18.6. The Morgan fingerprint density at radius 2 is 1.06 bits per heavy atom. The lowest BCUT2D eigenvalue weighted by molar-refractivity contribution is 0.655. The van der Waals surface area contributed by atoms with E-state index in [1.165, 1.54) is 98.7 Å². The van der Waals surface area contributed by atoms with Gasteiger partial charge in [0.15, 0.2) is 0 Å². The highest BCUT2D eigenvalue weighted by Crippen LogP contribution is 2.50. The maximum absolute atomic E-state index is 4.25. The molecule has 0 amide bonds. The van der Waals surface area contributed by atoms with E-state index in [0.717, 1.165) is 5.69 Å². The van der Waals surface area contributed by atoms with E-state index in [1.807, 2.05) is 6.08 Å². The summed E-state index contributed by atoms with van der Waals surface area (Å²) in [5, 5.41) is 10.3. The first-order chi connectivity index (χ1) is 26.0. The summed E-state index contributed by atoms with van der Waals surface area (Å²) in [4.78, 5) is 0. The van der Waals surface area contributed by atoms with Crippen molar-refractivity contribution in [3.63, 3.8) is 0 Å². The maximum atomic E-state index is 4.25. The van der Waals surface area contributed by atoms with E-state index in [9.17, 15) is 0 Å². The molecule has 1 nitrogen and oxygen atoms in total. The van der Waals surface area contributed by atoms with Crippen molar-refractivity contribution in [2.45, 2.75) is 26.2 Å². The molecule has 0 radical (unpaired) electrons. The number of hydrogen-bond acceptors (Lipinski definition) is 0. The van der Waals surface area contributed by atoms with Gasteiger partial charge in [-0.3, -0.25) is 0 Å². The standard InChI is InChI=1S/C52H39N/c1-5-14-48-38(6-2)46-32-51-47(31-49(46)52(48,3)4)44-21-11-12-22-50(44)53(51)37-16-13-15-35(29-37)33-23-25-34(26-24-33)36-27-28-43-41-19-8-7-17-39(41)40-18-9-10-20-42(40)45(43)30-36/h5-32H,2H2,1,3-4H3/b14-5-. The second kappa shape index (κ2) is 11.8. The van der Waals surface area contributed by atoms with Gasteiger partial charge in [-0.05, 0) is 120 Å². The molecule has 53 heavy (non-hydrogen) atoms. The third-order valence-electron chi connectivity index (χ3n) is 11.7. The van der Waals surface area contributed by atoms with Gasteiger partial charge in [-0.25, -0.2) is 0 Å². The Hall–Kier alpha value is -6.44. The van der Waals surface area contributed by atoms with E-state index in [1.54, 1.807) is 0 Å². The van der Waals surface area contributed by atoms with Crippen LogP contribution < -0.4 is 0 Å². The lowest BCUT2D eigenvalue weighted by Gasteiger charge is -2.23. The second-order valence-electron chi connectivity index (χ2n) is 14.9. The Kier molecular flexibility index (Phi) is 6.97. The molecule has 1 aliphatic rings. The minimum atomic E-state index is -0.107. The van der Waals surface area contributed by atoms with Crippen LogP contribution in [0.2, 0.25) is 0 Å². The lowest BCUT2D eigenvalue weighted by Crippen LogP contribution is -2.16. The van der Waals surface area contributed by atoms with E-state index in [-0.39, 0.29) is 5.41 Å². The Morgan fingerprint density at radius 1 is 0.491 bits per heavy atom. The van der Waals surface area contributed by atoms with E-state index in [2.05, 4.69) is 196 Å². The summed E-state index contributed by atoms with van der Waals surface area (Å²) in [6.07, 6.45) is 6.44. The Balaban J connectivity index is 1.07. The van der Waals surface area contributed by atoms with Crippen LogP contribution in [0.5, 0.6) is 0 Å². The van der Waals surface area contributed by atoms with Gasteiger partial charge in [0.1, 0.15) is 0 Å². The van der Waals surface area contributed by atoms with Crippen molar-refractivity contribution in [2.24, 2.45) is 0 Å². The fourth-order valence-corrected chi connectivity index (χ4v) is 9.11. The van der Waals surface area contributed by atoms with Crippen molar-refractivity contribution in [3.05, 3.63) is 193 Å². The molecule has 1 heteroatoms. The van der Waals surface area contributed by atoms with Crippen LogP contribution in [0.4, 0.5) is 0 Å². The number of fused-ring (bicyclic) bond motifs is 10. The number of aromatic nitrogens is 1. The van der Waals surface area contributed by atoms with Gasteiger partial charge in [0.05, 0.1) is 11.0 Å². The molecular weight excluding hydrogens is 639 g/mol. The fraction of sp³-hybridized carbons (Fsp3) is 0.0769. The summed E-state index contributed by atoms with van der Waals surface area (Å²) in [6.45, 7) is 11.0. The second-order valence-corrected chi connectivity index (χ2v) is 14.9. The lowest BCUT2D eigenvalue weighted by atomic mass is 9.80. The van der Waals surface area contributed by atoms with Crippen molar-refractivity contribution in [1.29, 1.82) is 0 Å². The molecule has 0 bridgehead atoms. The van der Waals surface area contributed by atoms with Crippen LogP contribution >= 0.6 is 0 Å². The van der Waals surface area contributed by atoms with Crippen LogP contribution in [0, 0.1) is 0 Å². The highest BCUT2D eigenvalue weighted by Gasteiger charge is 2.36. The number of allylic oxidation sites excluding steroid dienone is 5. The van der Waals surface area contributed by atoms with Gasteiger partial charge in [0.25, 0.3) is 0 Å². The molecule has 0 unspecified atom stereocenters. The summed E-state index contributed by atoms with van der Waals surface area (Å²) in [5.41, 5.74) is 13.5. The molecule has 0 atom stereocenters. The van der Waals surface area contributed by atoms with Crippen LogP contribution in [-0.4, -0.2) is 4.57 Å². The summed E-state index contributed by atoms with van der Waals surface area (Å²) in [5.74, 6) is 0. The van der Waals surface area contributed by atoms with Crippen molar-refractivity contribution in [1.82, 2.24) is 4.57 Å². The number of hydrogen-bond donors (Lipinski definition) is 0. The molecule has 0 spiro atoms. The van der Waals surface area contributed by atoms with Crippen LogP contribution in [0.1, 0.15) is 31.9 Å². The summed E-state index contributed by atoms with van der Waals surface area (Å²) in [7, 11) is 0. The monoisotopic (exact) mass is 677 g/mol. The topological polar surface area (TPSA) is 4.93 Å². The number of nitrogens with zero attached hydrogens (tertiary/aromatic N) is 1. The zero-order valence-electron chi connectivity index (χ0n) is 30.3. The van der Waals surface area contributed by atoms with E-state index >= 15 is 0 Å². The van der Waals surface area contributed by atoms with Crippen molar-refractivity contribution >= 4 is 59.7 Å². The third kappa shape index (κ3) is 4.64. The predicted octanol–water partition coefficient (Wildman–Crippen LogP) is 14.4. The molecule has 0 fully saturated rings. The summed E-state index contributed by atoms with van der Waals surface area (Å²) < 4.78 is 2.44. The number of benzene rings is 8. The largest absolute Gasteiger partial charge is 0.309 e. The maximum Gasteiger partial charge on any atom is 0.0547 e. The molecule has 1 heterocycles. The molecule has 10 rings (SSSR count). The van der Waals surface area contributed by atoms with Gasteiger partial charge in [0, 0.05) is 21.9 Å². The van der Waals surface area contributed by atoms with Crippen LogP contribution in [0.3, 0.4) is 0 Å². The smallest absolute Gasteiger partial charge is 0.0547 e. The van der Waals surface area contributed by atoms with Crippen molar-refractivity contribution < 1.29 is 0 Å². The van der Waals surface area contributed by atoms with E-state index in [0.29, 0.717) is 0 Å². The molecule has 0 saturated carbocycles. The molecule has 0 aliphatic heterocycles. The van der Waals surface area contributed by atoms with Crippen LogP contribution in [0.15, 0.2) is 182 Å². The van der Waals surface area contributed by atoms with Gasteiger partial charge in [-0.2, -0.15) is 0 Å². The first kappa shape index (κ1) is 31.3. The molecule has 0 N–H and O–H groups in total. The zero-order valence-corrected chi connectivity index (χ0v) is 30.3. The molecule has 1 aliphatic carbocycles. The fourth-order valence-electron chi connectivity index (χ4n) is 9.11. The normalized spacial score (nSPS) is 14.0. The third-order valence-corrected chi connectivity index (χ3v) is 11.7. The van der Waals surface area contributed by atoms with Crippen molar-refractivity contribution in [2.75, 3.05) is 0 Å². The number of rotatable bonds is 5. The van der Waals surface area contributed by atoms with Gasteiger partial charge in [0.2, 0.25) is 0 Å². The Morgan fingerprint density at radius 3 is 1.70 bits per heavy atom. The van der Waals surface area contributed by atoms with Gasteiger partial charge >= 0.3 is 0 Å². The Labute approximate surface area is 310 Å². The summed E-state index contributed by atoms with van der Waals surface area (Å²) >= 11 is 0. The quantitative estimate of drug-likeness (QED) is 0.160. The Bertz CT molecular complexity index is 3000.